The smallest absolute Gasteiger partial charge is 0.396 e. The lowest BCUT2D eigenvalue weighted by Crippen LogP contribution is -2.00. The third kappa shape index (κ3) is 1.89. The minimum atomic E-state index is -0.623. The van der Waals surface area contributed by atoms with Crippen LogP contribution in [-0.4, -0.2) is 23.3 Å². The molecule has 0 aliphatic heterocycles. The van der Waals surface area contributed by atoms with Crippen LogP contribution in [0, 0.1) is 6.92 Å². The molecule has 0 N–H and O–H groups in total. The molecule has 0 aliphatic carbocycles. The normalized spacial score (nSPS) is 10.3. The van der Waals surface area contributed by atoms with E-state index in [2.05, 4.69) is 14.9 Å². The molecule has 0 saturated heterocycles. The van der Waals surface area contributed by atoms with Crippen LogP contribution in [0.1, 0.15) is 15.6 Å². The highest BCUT2D eigenvalue weighted by molar-refractivity contribution is 7.15. The number of hydrogen-bond donors (Lipinski definition) is 0. The lowest BCUT2D eigenvalue weighted by Gasteiger charge is -1.89. The van der Waals surface area contributed by atoms with Crippen molar-refractivity contribution in [2.45, 2.75) is 6.92 Å². The first kappa shape index (κ1) is 9.85. The van der Waals surface area contributed by atoms with Crippen molar-refractivity contribution >= 4 is 17.3 Å². The number of hydrogen-bond acceptors (Lipinski definition) is 6. The van der Waals surface area contributed by atoms with Crippen LogP contribution in [0.3, 0.4) is 0 Å². The van der Waals surface area contributed by atoms with Gasteiger partial charge in [-0.25, -0.2) is 4.79 Å². The summed E-state index contributed by atoms with van der Waals surface area (Å²) in [4.78, 5) is 13.0. The van der Waals surface area contributed by atoms with Gasteiger partial charge in [0.25, 0.3) is 5.89 Å². The number of nitrogens with zero attached hydrogens (tertiary/aromatic N) is 2. The van der Waals surface area contributed by atoms with Gasteiger partial charge in [-0.3, -0.25) is 0 Å². The lowest BCUT2D eigenvalue weighted by atomic mass is 10.4. The molecule has 2 aromatic rings. The second kappa shape index (κ2) is 3.82. The maximum Gasteiger partial charge on any atom is 0.396 e. The molecule has 2 aromatic heterocycles. The van der Waals surface area contributed by atoms with E-state index in [1.165, 1.54) is 18.4 Å². The Morgan fingerprint density at radius 2 is 2.27 bits per heavy atom. The van der Waals surface area contributed by atoms with E-state index in [0.29, 0.717) is 5.89 Å². The van der Waals surface area contributed by atoms with Crippen molar-refractivity contribution in [3.8, 4) is 10.8 Å². The Hall–Kier alpha value is -1.69. The maximum absolute atomic E-state index is 11.0. The quantitative estimate of drug-likeness (QED) is 0.729. The first-order valence-electron chi connectivity index (χ1n) is 4.19. The Bertz CT molecular complexity index is 489. The summed E-state index contributed by atoms with van der Waals surface area (Å²) in [5.41, 5.74) is 0. The van der Waals surface area contributed by atoms with Gasteiger partial charge in [0.05, 0.1) is 12.0 Å². The average Bonchev–Trinajstić information content (AvgIpc) is 2.84. The van der Waals surface area contributed by atoms with Crippen molar-refractivity contribution < 1.29 is 13.9 Å². The third-order valence-electron chi connectivity index (χ3n) is 1.74. The van der Waals surface area contributed by atoms with Crippen LogP contribution in [0.4, 0.5) is 0 Å². The topological polar surface area (TPSA) is 65.2 Å². The van der Waals surface area contributed by atoms with E-state index in [-0.39, 0.29) is 5.89 Å². The van der Waals surface area contributed by atoms with Crippen LogP contribution in [-0.2, 0) is 4.74 Å². The summed E-state index contributed by atoms with van der Waals surface area (Å²) in [6.07, 6.45) is 0. The number of methoxy groups -OCH3 is 1. The summed E-state index contributed by atoms with van der Waals surface area (Å²) >= 11 is 1.53. The van der Waals surface area contributed by atoms with Crippen LogP contribution < -0.4 is 0 Å². The van der Waals surface area contributed by atoms with E-state index >= 15 is 0 Å². The van der Waals surface area contributed by atoms with E-state index < -0.39 is 5.97 Å². The largest absolute Gasteiger partial charge is 0.462 e. The average molecular weight is 224 g/mol. The Morgan fingerprint density at radius 3 is 2.87 bits per heavy atom. The van der Waals surface area contributed by atoms with Gasteiger partial charge in [0.15, 0.2) is 0 Å². The van der Waals surface area contributed by atoms with E-state index in [9.17, 15) is 4.79 Å². The predicted octanol–water partition coefficient (Wildman–Crippen LogP) is 1.89. The minimum absolute atomic E-state index is 0.126. The molecule has 5 nitrogen and oxygen atoms in total. The van der Waals surface area contributed by atoms with Crippen molar-refractivity contribution in [2.24, 2.45) is 0 Å². The molecular formula is C9H8N2O3S. The van der Waals surface area contributed by atoms with Gasteiger partial charge in [0.2, 0.25) is 0 Å². The van der Waals surface area contributed by atoms with Crippen molar-refractivity contribution in [3.05, 3.63) is 22.9 Å². The Balaban J connectivity index is 2.31. The number of esters is 1. The Kier molecular flexibility index (Phi) is 2.51. The molecule has 0 spiro atoms. The Morgan fingerprint density at radius 1 is 1.47 bits per heavy atom. The third-order valence-corrected chi connectivity index (χ3v) is 2.72. The fourth-order valence-electron chi connectivity index (χ4n) is 1.04. The van der Waals surface area contributed by atoms with Crippen LogP contribution >= 0.6 is 11.3 Å². The molecule has 0 aliphatic rings. The van der Waals surface area contributed by atoms with Crippen LogP contribution in [0.25, 0.3) is 10.8 Å². The van der Waals surface area contributed by atoms with Crippen molar-refractivity contribution in [1.82, 2.24) is 10.2 Å². The van der Waals surface area contributed by atoms with E-state index in [4.69, 9.17) is 4.42 Å². The number of aryl methyl sites for hydroxylation is 1. The molecule has 6 heteroatoms. The van der Waals surface area contributed by atoms with Gasteiger partial charge in [0.1, 0.15) is 0 Å². The highest BCUT2D eigenvalue weighted by Gasteiger charge is 2.16. The Labute approximate surface area is 89.7 Å². The zero-order chi connectivity index (χ0) is 10.8. The van der Waals surface area contributed by atoms with Crippen LogP contribution in [0.15, 0.2) is 16.5 Å². The summed E-state index contributed by atoms with van der Waals surface area (Å²) in [5.74, 6) is -0.408. The molecule has 2 heterocycles. The summed E-state index contributed by atoms with van der Waals surface area (Å²) in [7, 11) is 1.27. The number of ether oxygens (including phenoxy) is 1. The fourth-order valence-corrected chi connectivity index (χ4v) is 1.83. The molecule has 2 rings (SSSR count). The monoisotopic (exact) mass is 224 g/mol. The molecule has 0 fully saturated rings. The first-order valence-corrected chi connectivity index (χ1v) is 5.01. The van der Waals surface area contributed by atoms with Crippen LogP contribution in [0.2, 0.25) is 0 Å². The van der Waals surface area contributed by atoms with Gasteiger partial charge < -0.3 is 9.15 Å². The molecule has 0 unspecified atom stereocenters. The number of thiophene rings is 1. The van der Waals surface area contributed by atoms with Gasteiger partial charge in [0, 0.05) is 4.88 Å². The lowest BCUT2D eigenvalue weighted by molar-refractivity contribution is 0.0557. The fraction of sp³-hybridized carbons (Fsp3) is 0.222. The molecule has 78 valence electrons. The van der Waals surface area contributed by atoms with Gasteiger partial charge in [-0.05, 0) is 19.1 Å². The number of carbonyl (C=O) groups excluding carboxylic acids is 1. The maximum atomic E-state index is 11.0. The minimum Gasteiger partial charge on any atom is -0.462 e. The van der Waals surface area contributed by atoms with Crippen molar-refractivity contribution in [2.75, 3.05) is 7.11 Å². The summed E-state index contributed by atoms with van der Waals surface area (Å²) in [6, 6.07) is 3.82. The van der Waals surface area contributed by atoms with E-state index in [0.717, 1.165) is 9.75 Å². The van der Waals surface area contributed by atoms with E-state index in [1.54, 1.807) is 0 Å². The van der Waals surface area contributed by atoms with Gasteiger partial charge >= 0.3 is 11.9 Å². The summed E-state index contributed by atoms with van der Waals surface area (Å²) in [6.45, 7) is 1.98. The zero-order valence-corrected chi connectivity index (χ0v) is 9.00. The molecule has 0 bridgehead atoms. The van der Waals surface area contributed by atoms with Gasteiger partial charge in [-0.15, -0.1) is 21.5 Å². The van der Waals surface area contributed by atoms with Crippen LogP contribution in [0.5, 0.6) is 0 Å². The van der Waals surface area contributed by atoms with Gasteiger partial charge in [-0.2, -0.15) is 0 Å². The molecule has 0 saturated carbocycles. The molecule has 15 heavy (non-hydrogen) atoms. The molecule has 0 atom stereocenters. The predicted molar refractivity (Wildman–Crippen MR) is 53.7 cm³/mol. The standard InChI is InChI=1S/C9H8N2O3S/c1-5-3-4-6(15-5)7-10-11-8(14-7)9(12)13-2/h3-4H,1-2H3. The second-order valence-corrected chi connectivity index (χ2v) is 4.10. The molecular weight excluding hydrogens is 216 g/mol. The molecule has 0 radical (unpaired) electrons. The number of aromatic nitrogens is 2. The van der Waals surface area contributed by atoms with Crippen molar-refractivity contribution in [1.29, 1.82) is 0 Å². The SMILES string of the molecule is COC(=O)c1nnc(-c2ccc(C)s2)o1. The highest BCUT2D eigenvalue weighted by atomic mass is 32.1. The van der Waals surface area contributed by atoms with E-state index in [1.807, 2.05) is 19.1 Å². The summed E-state index contributed by atoms with van der Waals surface area (Å²) in [5, 5.41) is 7.35. The molecule has 0 aromatic carbocycles. The highest BCUT2D eigenvalue weighted by Crippen LogP contribution is 2.26. The number of rotatable bonds is 2. The number of carbonyl (C=O) groups is 1. The molecule has 0 amide bonds. The second-order valence-electron chi connectivity index (χ2n) is 2.81. The zero-order valence-electron chi connectivity index (χ0n) is 8.18. The van der Waals surface area contributed by atoms with Crippen molar-refractivity contribution in [3.63, 3.8) is 0 Å². The summed E-state index contributed by atoms with van der Waals surface area (Å²) < 4.78 is 9.61. The van der Waals surface area contributed by atoms with Gasteiger partial charge in [-0.1, -0.05) is 0 Å². The first-order chi connectivity index (χ1) is 7.20.